The Morgan fingerprint density at radius 3 is 2.71 bits per heavy atom. The fourth-order valence-corrected chi connectivity index (χ4v) is 4.03. The molecular formula is C17H18N4O3. The molecule has 1 saturated heterocycles. The van der Waals surface area contributed by atoms with E-state index < -0.39 is 17.9 Å². The number of aliphatic carboxylic acids is 1. The number of hydrogen-bond acceptors (Lipinski definition) is 4. The van der Waals surface area contributed by atoms with Gasteiger partial charge in [0.1, 0.15) is 12.4 Å². The first-order valence-electron chi connectivity index (χ1n) is 8.16. The van der Waals surface area contributed by atoms with Crippen LogP contribution in [-0.2, 0) is 4.79 Å². The van der Waals surface area contributed by atoms with E-state index in [1.165, 1.54) is 15.9 Å². The van der Waals surface area contributed by atoms with Crippen molar-refractivity contribution >= 4 is 11.9 Å². The van der Waals surface area contributed by atoms with Gasteiger partial charge in [-0.15, -0.1) is 5.10 Å². The second-order valence-electron chi connectivity index (χ2n) is 6.44. The molecule has 124 valence electrons. The molecule has 0 bridgehead atoms. The van der Waals surface area contributed by atoms with Crippen LogP contribution >= 0.6 is 0 Å². The summed E-state index contributed by atoms with van der Waals surface area (Å²) < 4.78 is 1.53. The highest BCUT2D eigenvalue weighted by Crippen LogP contribution is 2.42. The minimum absolute atomic E-state index is 0.0464. The SMILES string of the molecule is O=C(O)[C@@H]1[C@H]2CCC[C@H]2CN1C(=O)c1ncn(-c2ccccc2)n1. The first-order chi connectivity index (χ1) is 11.6. The molecule has 0 radical (unpaired) electrons. The number of para-hydroxylation sites is 1. The van der Waals surface area contributed by atoms with Crippen LogP contribution < -0.4 is 0 Å². The molecule has 7 nitrogen and oxygen atoms in total. The molecule has 3 atom stereocenters. The van der Waals surface area contributed by atoms with E-state index in [9.17, 15) is 14.7 Å². The van der Waals surface area contributed by atoms with E-state index in [-0.39, 0.29) is 17.7 Å². The van der Waals surface area contributed by atoms with Gasteiger partial charge in [-0.25, -0.2) is 14.5 Å². The number of carboxylic acid groups (broad SMARTS) is 1. The van der Waals surface area contributed by atoms with Crippen LogP contribution in [0.1, 0.15) is 29.9 Å². The number of carboxylic acids is 1. The van der Waals surface area contributed by atoms with Crippen molar-refractivity contribution < 1.29 is 14.7 Å². The molecule has 1 amide bonds. The van der Waals surface area contributed by atoms with E-state index in [1.54, 1.807) is 0 Å². The number of aromatic nitrogens is 3. The maximum Gasteiger partial charge on any atom is 0.326 e. The molecule has 24 heavy (non-hydrogen) atoms. The van der Waals surface area contributed by atoms with Crippen molar-refractivity contribution in [3.8, 4) is 5.69 Å². The van der Waals surface area contributed by atoms with Crippen molar-refractivity contribution in [1.29, 1.82) is 0 Å². The van der Waals surface area contributed by atoms with Gasteiger partial charge in [-0.3, -0.25) is 4.79 Å². The smallest absolute Gasteiger partial charge is 0.326 e. The highest BCUT2D eigenvalue weighted by molar-refractivity contribution is 5.94. The van der Waals surface area contributed by atoms with Gasteiger partial charge in [-0.05, 0) is 36.8 Å². The third-order valence-corrected chi connectivity index (χ3v) is 5.11. The minimum Gasteiger partial charge on any atom is -0.480 e. The summed E-state index contributed by atoms with van der Waals surface area (Å²) in [5.41, 5.74) is 0.803. The van der Waals surface area contributed by atoms with Gasteiger partial charge >= 0.3 is 5.97 Å². The summed E-state index contributed by atoms with van der Waals surface area (Å²) >= 11 is 0. The lowest BCUT2D eigenvalue weighted by Crippen LogP contribution is -2.43. The second kappa shape index (κ2) is 5.74. The Morgan fingerprint density at radius 1 is 1.17 bits per heavy atom. The van der Waals surface area contributed by atoms with Crippen molar-refractivity contribution in [2.24, 2.45) is 11.8 Å². The van der Waals surface area contributed by atoms with Crippen molar-refractivity contribution in [1.82, 2.24) is 19.7 Å². The molecule has 2 aliphatic rings. The lowest BCUT2D eigenvalue weighted by atomic mass is 9.94. The molecule has 1 N–H and O–H groups in total. The van der Waals surface area contributed by atoms with Gasteiger partial charge in [0.15, 0.2) is 0 Å². The predicted molar refractivity (Wildman–Crippen MR) is 84.7 cm³/mol. The standard InChI is InChI=1S/C17H18N4O3/c22-16(15-18-10-21(19-15)12-6-2-1-3-7-12)20-9-11-5-4-8-13(11)14(20)17(23)24/h1-3,6-7,10-11,13-14H,4-5,8-9H2,(H,23,24)/t11-,13-,14-/m0/s1. The molecule has 1 aliphatic heterocycles. The maximum atomic E-state index is 12.8. The summed E-state index contributed by atoms with van der Waals surface area (Å²) in [6.07, 6.45) is 4.39. The van der Waals surface area contributed by atoms with Gasteiger partial charge in [-0.1, -0.05) is 24.6 Å². The zero-order chi connectivity index (χ0) is 16.7. The summed E-state index contributed by atoms with van der Waals surface area (Å²) in [6, 6.07) is 8.62. The van der Waals surface area contributed by atoms with Crippen LogP contribution in [0.4, 0.5) is 0 Å². The van der Waals surface area contributed by atoms with Crippen molar-refractivity contribution in [3.05, 3.63) is 42.5 Å². The molecule has 1 aliphatic carbocycles. The van der Waals surface area contributed by atoms with E-state index in [4.69, 9.17) is 0 Å². The van der Waals surface area contributed by atoms with Crippen LogP contribution in [-0.4, -0.2) is 49.2 Å². The van der Waals surface area contributed by atoms with Crippen LogP contribution in [0.2, 0.25) is 0 Å². The molecule has 2 heterocycles. The van der Waals surface area contributed by atoms with Crippen molar-refractivity contribution in [2.75, 3.05) is 6.54 Å². The zero-order valence-corrected chi connectivity index (χ0v) is 13.1. The van der Waals surface area contributed by atoms with Crippen LogP contribution in [0.5, 0.6) is 0 Å². The molecule has 1 saturated carbocycles. The van der Waals surface area contributed by atoms with E-state index in [0.717, 1.165) is 24.9 Å². The summed E-state index contributed by atoms with van der Waals surface area (Å²) in [7, 11) is 0. The average molecular weight is 326 g/mol. The summed E-state index contributed by atoms with van der Waals surface area (Å²) in [5, 5.41) is 13.8. The van der Waals surface area contributed by atoms with Gasteiger partial charge in [0.05, 0.1) is 5.69 Å². The van der Waals surface area contributed by atoms with Gasteiger partial charge in [-0.2, -0.15) is 0 Å². The lowest BCUT2D eigenvalue weighted by molar-refractivity contribution is -0.142. The third-order valence-electron chi connectivity index (χ3n) is 5.11. The van der Waals surface area contributed by atoms with E-state index in [2.05, 4.69) is 10.1 Å². The molecule has 0 unspecified atom stereocenters. The molecular weight excluding hydrogens is 308 g/mol. The lowest BCUT2D eigenvalue weighted by Gasteiger charge is -2.23. The molecule has 4 rings (SSSR count). The van der Waals surface area contributed by atoms with E-state index in [0.29, 0.717) is 6.54 Å². The topological polar surface area (TPSA) is 88.3 Å². The Bertz CT molecular complexity index is 773. The molecule has 1 aromatic carbocycles. The zero-order valence-electron chi connectivity index (χ0n) is 13.1. The highest BCUT2D eigenvalue weighted by atomic mass is 16.4. The van der Waals surface area contributed by atoms with Gasteiger partial charge in [0.25, 0.3) is 5.91 Å². The monoisotopic (exact) mass is 326 g/mol. The third kappa shape index (κ3) is 2.36. The Balaban J connectivity index is 1.60. The molecule has 2 fully saturated rings. The molecule has 2 aromatic rings. The number of nitrogens with zero attached hydrogens (tertiary/aromatic N) is 4. The quantitative estimate of drug-likeness (QED) is 0.925. The number of rotatable bonds is 3. The Labute approximate surface area is 138 Å². The van der Waals surface area contributed by atoms with Crippen LogP contribution in [0, 0.1) is 11.8 Å². The number of likely N-dealkylation sites (tertiary alicyclic amines) is 1. The first kappa shape index (κ1) is 14.9. The second-order valence-corrected chi connectivity index (χ2v) is 6.44. The molecule has 7 heteroatoms. The number of amides is 1. The predicted octanol–water partition coefficient (Wildman–Crippen LogP) is 1.59. The maximum absolute atomic E-state index is 12.8. The number of carbonyl (C=O) groups is 2. The van der Waals surface area contributed by atoms with Crippen molar-refractivity contribution in [3.63, 3.8) is 0 Å². The Morgan fingerprint density at radius 2 is 1.96 bits per heavy atom. The summed E-state index contributed by atoms with van der Waals surface area (Å²) in [5.74, 6) is -0.939. The number of carbonyl (C=O) groups excluding carboxylic acids is 1. The van der Waals surface area contributed by atoms with E-state index in [1.807, 2.05) is 30.3 Å². The Hall–Kier alpha value is -2.70. The van der Waals surface area contributed by atoms with Gasteiger partial charge in [0, 0.05) is 6.54 Å². The summed E-state index contributed by atoms with van der Waals surface area (Å²) in [4.78, 5) is 30.0. The summed E-state index contributed by atoms with van der Waals surface area (Å²) in [6.45, 7) is 0.486. The van der Waals surface area contributed by atoms with Crippen LogP contribution in [0.25, 0.3) is 5.69 Å². The Kier molecular flexibility index (Phi) is 3.55. The van der Waals surface area contributed by atoms with Crippen LogP contribution in [0.15, 0.2) is 36.7 Å². The van der Waals surface area contributed by atoms with Crippen LogP contribution in [0.3, 0.4) is 0 Å². The first-order valence-corrected chi connectivity index (χ1v) is 8.16. The van der Waals surface area contributed by atoms with E-state index >= 15 is 0 Å². The number of hydrogen-bond donors (Lipinski definition) is 1. The van der Waals surface area contributed by atoms with Gasteiger partial charge < -0.3 is 10.0 Å². The minimum atomic E-state index is -0.930. The molecule has 1 aromatic heterocycles. The highest BCUT2D eigenvalue weighted by Gasteiger charge is 2.50. The number of fused-ring (bicyclic) bond motifs is 1. The van der Waals surface area contributed by atoms with Gasteiger partial charge in [0.2, 0.25) is 5.82 Å². The fraction of sp³-hybridized carbons (Fsp3) is 0.412. The molecule has 0 spiro atoms. The fourth-order valence-electron chi connectivity index (χ4n) is 4.03. The number of benzene rings is 1. The largest absolute Gasteiger partial charge is 0.480 e. The van der Waals surface area contributed by atoms with Crippen molar-refractivity contribution in [2.45, 2.75) is 25.3 Å². The normalized spacial score (nSPS) is 25.7. The average Bonchev–Trinajstić information content (AvgIpc) is 3.29.